The molecule has 0 bridgehead atoms. The van der Waals surface area contributed by atoms with Gasteiger partial charge in [0.15, 0.2) is 0 Å². The quantitative estimate of drug-likeness (QED) is 0.720. The molecule has 0 aliphatic heterocycles. The molecule has 1 heterocycles. The fraction of sp³-hybridized carbons (Fsp3) is 0.182. The van der Waals surface area contributed by atoms with E-state index in [9.17, 15) is 0 Å². The summed E-state index contributed by atoms with van der Waals surface area (Å²) in [4.78, 5) is 5.54. The number of halogens is 2. The molecule has 0 aliphatic carbocycles. The van der Waals surface area contributed by atoms with Crippen LogP contribution in [0.2, 0.25) is 10.0 Å². The van der Waals surface area contributed by atoms with Gasteiger partial charge >= 0.3 is 0 Å². The summed E-state index contributed by atoms with van der Waals surface area (Å²) in [7, 11) is 0. The Labute approximate surface area is 103 Å². The monoisotopic (exact) mass is 257 g/mol. The van der Waals surface area contributed by atoms with E-state index in [-0.39, 0.29) is 0 Å². The van der Waals surface area contributed by atoms with Crippen molar-refractivity contribution in [3.63, 3.8) is 0 Å². The predicted molar refractivity (Wildman–Crippen MR) is 67.0 cm³/mol. The van der Waals surface area contributed by atoms with E-state index in [1.807, 2.05) is 32.0 Å². The molecular weight excluding hydrogens is 249 g/mol. The third-order valence-corrected chi connectivity index (χ3v) is 3.95. The van der Waals surface area contributed by atoms with Gasteiger partial charge < -0.3 is 0 Å². The number of benzene rings is 1. The molecule has 0 fully saturated rings. The minimum Gasteiger partial charge on any atom is -0.246 e. The highest BCUT2D eigenvalue weighted by molar-refractivity contribution is 7.15. The van der Waals surface area contributed by atoms with Gasteiger partial charge in [0.05, 0.1) is 25.6 Å². The smallest absolute Gasteiger partial charge is 0.0903 e. The normalized spacial score (nSPS) is 10.7. The zero-order chi connectivity index (χ0) is 11.0. The topological polar surface area (TPSA) is 12.9 Å². The molecule has 2 rings (SSSR count). The third-order valence-electron chi connectivity index (χ3n) is 2.09. The first-order chi connectivity index (χ1) is 7.08. The van der Waals surface area contributed by atoms with Crippen LogP contribution in [-0.2, 0) is 0 Å². The second-order valence-electron chi connectivity index (χ2n) is 3.28. The van der Waals surface area contributed by atoms with E-state index < -0.39 is 0 Å². The molecule has 78 valence electrons. The maximum absolute atomic E-state index is 5.98. The molecule has 4 heteroatoms. The van der Waals surface area contributed by atoms with Crippen molar-refractivity contribution in [2.24, 2.45) is 0 Å². The molecule has 1 nitrogen and oxygen atoms in total. The largest absolute Gasteiger partial charge is 0.246 e. The Kier molecular flexibility index (Phi) is 3.01. The second-order valence-corrected chi connectivity index (χ2v) is 5.29. The molecule has 0 amide bonds. The number of nitrogens with zero attached hydrogens (tertiary/aromatic N) is 1. The predicted octanol–water partition coefficient (Wildman–Crippen LogP) is 4.73. The van der Waals surface area contributed by atoms with Crippen molar-refractivity contribution in [3.05, 3.63) is 38.9 Å². The van der Waals surface area contributed by atoms with E-state index in [1.165, 1.54) is 0 Å². The van der Waals surface area contributed by atoms with Gasteiger partial charge in [0, 0.05) is 0 Å². The Bertz CT molecular complexity index is 505. The molecule has 0 saturated carbocycles. The van der Waals surface area contributed by atoms with Crippen LogP contribution >= 0.6 is 34.5 Å². The number of thiazole rings is 1. The van der Waals surface area contributed by atoms with Crippen LogP contribution < -0.4 is 0 Å². The summed E-state index contributed by atoms with van der Waals surface area (Å²) in [6.45, 7) is 4.00. The Balaban J connectivity index is 2.54. The third kappa shape index (κ3) is 2.17. The Morgan fingerprint density at radius 1 is 1.13 bits per heavy atom. The van der Waals surface area contributed by atoms with Gasteiger partial charge in [-0.05, 0) is 31.5 Å². The molecule has 1 aromatic heterocycles. The van der Waals surface area contributed by atoms with Gasteiger partial charge in [-0.1, -0.05) is 29.3 Å². The first kappa shape index (κ1) is 10.9. The van der Waals surface area contributed by atoms with Crippen molar-refractivity contribution in [3.8, 4) is 10.4 Å². The Hall–Kier alpha value is -0.570. The summed E-state index contributed by atoms with van der Waals surface area (Å²) >= 11 is 13.5. The van der Waals surface area contributed by atoms with Crippen LogP contribution in [0.3, 0.4) is 0 Å². The van der Waals surface area contributed by atoms with Crippen molar-refractivity contribution in [1.29, 1.82) is 0 Å². The summed E-state index contributed by atoms with van der Waals surface area (Å²) < 4.78 is 0. The fourth-order valence-corrected chi connectivity index (χ4v) is 2.65. The van der Waals surface area contributed by atoms with Gasteiger partial charge in [-0.25, -0.2) is 4.98 Å². The van der Waals surface area contributed by atoms with Crippen LogP contribution in [-0.4, -0.2) is 4.98 Å². The molecule has 0 N–H and O–H groups in total. The first-order valence-corrected chi connectivity index (χ1v) is 6.04. The molecule has 0 unspecified atom stereocenters. The van der Waals surface area contributed by atoms with Crippen molar-refractivity contribution in [2.45, 2.75) is 13.8 Å². The average Bonchev–Trinajstić information content (AvgIpc) is 2.50. The van der Waals surface area contributed by atoms with E-state index in [4.69, 9.17) is 23.2 Å². The zero-order valence-corrected chi connectivity index (χ0v) is 10.7. The Morgan fingerprint density at radius 3 is 2.40 bits per heavy atom. The SMILES string of the molecule is Cc1nc(C)c(-c2ccc(Cl)c(Cl)c2)s1. The molecular formula is C11H9Cl2NS. The molecule has 0 spiro atoms. The highest BCUT2D eigenvalue weighted by Gasteiger charge is 2.08. The lowest BCUT2D eigenvalue weighted by Crippen LogP contribution is -1.78. The van der Waals surface area contributed by atoms with Crippen LogP contribution in [0, 0.1) is 13.8 Å². The van der Waals surface area contributed by atoms with Gasteiger partial charge in [-0.2, -0.15) is 0 Å². The first-order valence-electron chi connectivity index (χ1n) is 4.47. The molecule has 0 aliphatic rings. The summed E-state index contributed by atoms with van der Waals surface area (Å²) in [6.07, 6.45) is 0. The maximum atomic E-state index is 5.98. The molecule has 15 heavy (non-hydrogen) atoms. The summed E-state index contributed by atoms with van der Waals surface area (Å²) in [5.41, 5.74) is 2.11. The second kappa shape index (κ2) is 4.12. The molecule has 0 radical (unpaired) electrons. The standard InChI is InChI=1S/C11H9Cl2NS/c1-6-11(15-7(2)14-6)8-3-4-9(12)10(13)5-8/h3-5H,1-2H3. The molecule has 0 saturated heterocycles. The van der Waals surface area contributed by atoms with Crippen LogP contribution in [0.25, 0.3) is 10.4 Å². The van der Waals surface area contributed by atoms with Crippen molar-refractivity contribution < 1.29 is 0 Å². The van der Waals surface area contributed by atoms with Crippen LogP contribution in [0.1, 0.15) is 10.7 Å². The minimum atomic E-state index is 0.583. The highest BCUT2D eigenvalue weighted by atomic mass is 35.5. The average molecular weight is 258 g/mol. The van der Waals surface area contributed by atoms with Crippen LogP contribution in [0.5, 0.6) is 0 Å². The number of hydrogen-bond donors (Lipinski definition) is 0. The zero-order valence-electron chi connectivity index (χ0n) is 8.34. The lowest BCUT2D eigenvalue weighted by Gasteiger charge is -2.00. The fourth-order valence-electron chi connectivity index (χ4n) is 1.44. The maximum Gasteiger partial charge on any atom is 0.0903 e. The van der Waals surface area contributed by atoms with E-state index in [2.05, 4.69) is 4.98 Å². The summed E-state index contributed by atoms with van der Waals surface area (Å²) in [5, 5.41) is 2.23. The molecule has 2 aromatic rings. The number of aromatic nitrogens is 1. The van der Waals surface area contributed by atoms with Gasteiger partial charge in [0.2, 0.25) is 0 Å². The van der Waals surface area contributed by atoms with Crippen molar-refractivity contribution in [1.82, 2.24) is 4.98 Å². The molecule has 0 atom stereocenters. The van der Waals surface area contributed by atoms with Crippen molar-refractivity contribution in [2.75, 3.05) is 0 Å². The summed E-state index contributed by atoms with van der Waals surface area (Å²) in [5.74, 6) is 0. The summed E-state index contributed by atoms with van der Waals surface area (Å²) in [6, 6.07) is 5.66. The number of rotatable bonds is 1. The van der Waals surface area contributed by atoms with E-state index in [0.29, 0.717) is 10.0 Å². The van der Waals surface area contributed by atoms with Gasteiger partial charge in [0.1, 0.15) is 0 Å². The van der Waals surface area contributed by atoms with Crippen molar-refractivity contribution >= 4 is 34.5 Å². The van der Waals surface area contributed by atoms with E-state index >= 15 is 0 Å². The van der Waals surface area contributed by atoms with Gasteiger partial charge in [0.25, 0.3) is 0 Å². The minimum absolute atomic E-state index is 0.583. The van der Waals surface area contributed by atoms with Gasteiger partial charge in [-0.15, -0.1) is 11.3 Å². The van der Waals surface area contributed by atoms with E-state index in [0.717, 1.165) is 21.1 Å². The van der Waals surface area contributed by atoms with E-state index in [1.54, 1.807) is 11.3 Å². The number of hydrogen-bond acceptors (Lipinski definition) is 2. The van der Waals surface area contributed by atoms with Crippen LogP contribution in [0.4, 0.5) is 0 Å². The number of aryl methyl sites for hydroxylation is 2. The lowest BCUT2D eigenvalue weighted by molar-refractivity contribution is 1.20. The molecule has 1 aromatic carbocycles. The lowest BCUT2D eigenvalue weighted by atomic mass is 10.2. The Morgan fingerprint density at radius 2 is 1.87 bits per heavy atom. The van der Waals surface area contributed by atoms with Gasteiger partial charge in [-0.3, -0.25) is 0 Å². The van der Waals surface area contributed by atoms with Crippen LogP contribution in [0.15, 0.2) is 18.2 Å². The highest BCUT2D eigenvalue weighted by Crippen LogP contribution is 2.33.